The number of benzene rings is 2. The topological polar surface area (TPSA) is 61.8 Å². The number of carbonyl (C=O) groups is 2. The van der Waals surface area contributed by atoms with Crippen LogP contribution in [0.4, 0.5) is 0 Å². The molecule has 0 unspecified atom stereocenters. The van der Waals surface area contributed by atoms with Crippen molar-refractivity contribution in [2.45, 2.75) is 20.3 Å². The first-order valence-corrected chi connectivity index (χ1v) is 7.32. The average molecular weight is 314 g/mol. The molecule has 120 valence electrons. The van der Waals surface area contributed by atoms with E-state index >= 15 is 0 Å². The van der Waals surface area contributed by atoms with E-state index in [1.807, 2.05) is 6.92 Å². The molecule has 0 amide bonds. The lowest BCUT2D eigenvalue weighted by Gasteiger charge is -2.07. The Morgan fingerprint density at radius 3 is 1.91 bits per heavy atom. The molecule has 2 aromatic rings. The van der Waals surface area contributed by atoms with Gasteiger partial charge in [0.2, 0.25) is 0 Å². The fourth-order valence-corrected chi connectivity index (χ4v) is 1.81. The second kappa shape index (κ2) is 7.98. The van der Waals surface area contributed by atoms with Crippen LogP contribution in [0.25, 0.3) is 0 Å². The summed E-state index contributed by atoms with van der Waals surface area (Å²) in [6.45, 7) is 3.99. The molecule has 0 spiro atoms. The van der Waals surface area contributed by atoms with Crippen molar-refractivity contribution in [2.24, 2.45) is 0 Å². The number of hydrogen-bond donors (Lipinski definition) is 0. The van der Waals surface area contributed by atoms with Crippen LogP contribution in [0.3, 0.4) is 0 Å². The zero-order valence-corrected chi connectivity index (χ0v) is 13.1. The van der Waals surface area contributed by atoms with Crippen LogP contribution < -0.4 is 14.2 Å². The van der Waals surface area contributed by atoms with Crippen molar-refractivity contribution in [1.29, 1.82) is 0 Å². The van der Waals surface area contributed by atoms with E-state index in [0.717, 1.165) is 12.2 Å². The third-order valence-corrected chi connectivity index (χ3v) is 2.86. The van der Waals surface area contributed by atoms with Crippen LogP contribution in [0.5, 0.6) is 17.2 Å². The molecule has 2 aromatic carbocycles. The van der Waals surface area contributed by atoms with E-state index < -0.39 is 11.9 Å². The first-order valence-electron chi connectivity index (χ1n) is 7.32. The molecule has 5 nitrogen and oxygen atoms in total. The second-order valence-electron chi connectivity index (χ2n) is 4.83. The Morgan fingerprint density at radius 1 is 0.826 bits per heavy atom. The van der Waals surface area contributed by atoms with E-state index in [4.69, 9.17) is 14.2 Å². The minimum Gasteiger partial charge on any atom is -0.494 e. The van der Waals surface area contributed by atoms with Gasteiger partial charge in [-0.1, -0.05) is 6.92 Å². The molecular weight excluding hydrogens is 296 g/mol. The van der Waals surface area contributed by atoms with Gasteiger partial charge in [0.25, 0.3) is 0 Å². The quantitative estimate of drug-likeness (QED) is 0.602. The molecule has 0 aliphatic rings. The largest absolute Gasteiger partial charge is 0.494 e. The Bertz CT molecular complexity index is 659. The number of rotatable bonds is 6. The van der Waals surface area contributed by atoms with E-state index in [2.05, 4.69) is 0 Å². The predicted molar refractivity (Wildman–Crippen MR) is 84.9 cm³/mol. The Labute approximate surface area is 134 Å². The summed E-state index contributed by atoms with van der Waals surface area (Å²) in [5.74, 6) is 0.652. The maximum Gasteiger partial charge on any atom is 0.343 e. The third kappa shape index (κ3) is 5.14. The minimum atomic E-state index is -0.485. The Balaban J connectivity index is 1.96. The van der Waals surface area contributed by atoms with Crippen molar-refractivity contribution in [3.8, 4) is 17.2 Å². The summed E-state index contributed by atoms with van der Waals surface area (Å²) in [5.41, 5.74) is 0.368. The van der Waals surface area contributed by atoms with Crippen LogP contribution in [0, 0.1) is 0 Å². The minimum absolute atomic E-state index is 0.368. The van der Waals surface area contributed by atoms with Crippen molar-refractivity contribution < 1.29 is 23.8 Å². The van der Waals surface area contributed by atoms with Crippen molar-refractivity contribution in [3.63, 3.8) is 0 Å². The summed E-state index contributed by atoms with van der Waals surface area (Å²) in [6, 6.07) is 13.0. The molecule has 0 aliphatic carbocycles. The lowest BCUT2D eigenvalue weighted by Crippen LogP contribution is -2.08. The Morgan fingerprint density at radius 2 is 1.35 bits per heavy atom. The van der Waals surface area contributed by atoms with E-state index in [1.165, 1.54) is 6.92 Å². The van der Waals surface area contributed by atoms with Crippen molar-refractivity contribution in [3.05, 3.63) is 54.1 Å². The fourth-order valence-electron chi connectivity index (χ4n) is 1.81. The summed E-state index contributed by atoms with van der Waals surface area (Å²) in [6.07, 6.45) is 0.931. The highest BCUT2D eigenvalue weighted by atomic mass is 16.5. The summed E-state index contributed by atoms with van der Waals surface area (Å²) in [5, 5.41) is 0. The van der Waals surface area contributed by atoms with Crippen molar-refractivity contribution >= 4 is 11.9 Å². The molecule has 0 saturated heterocycles. The SMILES string of the molecule is CCCOc1ccc(OC(=O)c2ccc(OC(C)=O)cc2)cc1. The van der Waals surface area contributed by atoms with Crippen LogP contribution in [0.1, 0.15) is 30.6 Å². The molecule has 0 radical (unpaired) electrons. The monoisotopic (exact) mass is 314 g/mol. The van der Waals surface area contributed by atoms with Gasteiger partial charge < -0.3 is 14.2 Å². The summed E-state index contributed by atoms with van der Waals surface area (Å²) >= 11 is 0. The smallest absolute Gasteiger partial charge is 0.343 e. The zero-order chi connectivity index (χ0) is 16.7. The van der Waals surface area contributed by atoms with E-state index in [-0.39, 0.29) is 0 Å². The van der Waals surface area contributed by atoms with Crippen LogP contribution >= 0.6 is 0 Å². The molecule has 0 atom stereocenters. The molecule has 2 rings (SSSR count). The Kier molecular flexibility index (Phi) is 5.74. The number of carbonyl (C=O) groups excluding carboxylic acids is 2. The fraction of sp³-hybridized carbons (Fsp3) is 0.222. The van der Waals surface area contributed by atoms with Gasteiger partial charge in [-0.3, -0.25) is 4.79 Å². The van der Waals surface area contributed by atoms with Crippen LogP contribution in [-0.4, -0.2) is 18.5 Å². The van der Waals surface area contributed by atoms with Gasteiger partial charge in [-0.2, -0.15) is 0 Å². The normalized spacial score (nSPS) is 10.0. The van der Waals surface area contributed by atoms with E-state index in [0.29, 0.717) is 23.7 Å². The van der Waals surface area contributed by atoms with Crippen LogP contribution in [0.15, 0.2) is 48.5 Å². The third-order valence-electron chi connectivity index (χ3n) is 2.86. The maximum atomic E-state index is 12.0. The molecule has 0 aliphatic heterocycles. The highest BCUT2D eigenvalue weighted by Crippen LogP contribution is 2.19. The van der Waals surface area contributed by atoms with Crippen LogP contribution in [-0.2, 0) is 4.79 Å². The molecule has 0 aromatic heterocycles. The van der Waals surface area contributed by atoms with Crippen LogP contribution in [0.2, 0.25) is 0 Å². The Hall–Kier alpha value is -2.82. The summed E-state index contributed by atoms with van der Waals surface area (Å²) in [4.78, 5) is 22.9. The number of hydrogen-bond acceptors (Lipinski definition) is 5. The lowest BCUT2D eigenvalue weighted by atomic mass is 10.2. The molecule has 0 bridgehead atoms. The highest BCUT2D eigenvalue weighted by molar-refractivity contribution is 5.91. The first-order chi connectivity index (χ1) is 11.1. The molecule has 0 heterocycles. The summed E-state index contributed by atoms with van der Waals surface area (Å²) in [7, 11) is 0. The number of esters is 2. The molecule has 0 N–H and O–H groups in total. The molecular formula is C18H18O5. The maximum absolute atomic E-state index is 12.0. The zero-order valence-electron chi connectivity index (χ0n) is 13.1. The van der Waals surface area contributed by atoms with Gasteiger partial charge in [0.05, 0.1) is 12.2 Å². The van der Waals surface area contributed by atoms with Gasteiger partial charge in [0.15, 0.2) is 0 Å². The van der Waals surface area contributed by atoms with Crippen molar-refractivity contribution in [1.82, 2.24) is 0 Å². The van der Waals surface area contributed by atoms with Gasteiger partial charge >= 0.3 is 11.9 Å². The van der Waals surface area contributed by atoms with E-state index in [9.17, 15) is 9.59 Å². The van der Waals surface area contributed by atoms with Gasteiger partial charge in [0, 0.05) is 6.92 Å². The van der Waals surface area contributed by atoms with Crippen molar-refractivity contribution in [2.75, 3.05) is 6.61 Å². The van der Waals surface area contributed by atoms with Gasteiger partial charge in [0.1, 0.15) is 17.2 Å². The first kappa shape index (κ1) is 16.5. The lowest BCUT2D eigenvalue weighted by molar-refractivity contribution is -0.131. The summed E-state index contributed by atoms with van der Waals surface area (Å²) < 4.78 is 15.6. The highest BCUT2D eigenvalue weighted by Gasteiger charge is 2.09. The van der Waals surface area contributed by atoms with Gasteiger partial charge in [-0.25, -0.2) is 4.79 Å². The standard InChI is InChI=1S/C18H18O5/c1-3-12-21-15-8-10-17(11-9-15)23-18(20)14-4-6-16(7-5-14)22-13(2)19/h4-11H,3,12H2,1-2H3. The molecule has 0 fully saturated rings. The van der Waals surface area contributed by atoms with Gasteiger partial charge in [-0.05, 0) is 55.0 Å². The molecule has 0 saturated carbocycles. The van der Waals surface area contributed by atoms with E-state index in [1.54, 1.807) is 48.5 Å². The average Bonchev–Trinajstić information content (AvgIpc) is 2.54. The molecule has 23 heavy (non-hydrogen) atoms. The number of ether oxygens (including phenoxy) is 3. The predicted octanol–water partition coefficient (Wildman–Crippen LogP) is 3.62. The molecule has 5 heteroatoms. The van der Waals surface area contributed by atoms with Gasteiger partial charge in [-0.15, -0.1) is 0 Å². The second-order valence-corrected chi connectivity index (χ2v) is 4.83.